The Morgan fingerprint density at radius 1 is 0.821 bits per heavy atom. The number of hydrogen-bond acceptors (Lipinski definition) is 3. The van der Waals surface area contributed by atoms with E-state index in [0.29, 0.717) is 5.90 Å². The number of aliphatic imine (C=N–C) groups is 1. The summed E-state index contributed by atoms with van der Waals surface area (Å²) in [4.78, 5) is 4.73. The van der Waals surface area contributed by atoms with Gasteiger partial charge in [-0.15, -0.1) is 0 Å². The third-order valence-corrected chi connectivity index (χ3v) is 4.17. The van der Waals surface area contributed by atoms with Crippen molar-refractivity contribution < 1.29 is 9.47 Å². The summed E-state index contributed by atoms with van der Waals surface area (Å²) in [6, 6.07) is 25.7. The van der Waals surface area contributed by atoms with Crippen molar-refractivity contribution >= 4 is 11.6 Å². The lowest BCUT2D eigenvalue weighted by Gasteiger charge is -2.12. The number of benzene rings is 3. The van der Waals surface area contributed by atoms with Gasteiger partial charge >= 0.3 is 0 Å². The minimum absolute atomic E-state index is 0.534. The second kappa shape index (κ2) is 9.56. The molecule has 0 aliphatic rings. The van der Waals surface area contributed by atoms with Gasteiger partial charge in [0.25, 0.3) is 0 Å². The van der Waals surface area contributed by atoms with Crippen LogP contribution in [0.1, 0.15) is 24.5 Å². The Kier molecular flexibility index (Phi) is 6.64. The number of rotatable bonds is 6. The Morgan fingerprint density at radius 3 is 2.11 bits per heavy atom. The molecule has 0 heterocycles. The minimum atomic E-state index is 0.534. The first-order valence-corrected chi connectivity index (χ1v) is 9.45. The van der Waals surface area contributed by atoms with Crippen molar-refractivity contribution in [2.75, 3.05) is 0 Å². The Morgan fingerprint density at radius 2 is 1.46 bits per heavy atom. The van der Waals surface area contributed by atoms with Gasteiger partial charge in [0.2, 0.25) is 5.90 Å². The zero-order valence-corrected chi connectivity index (χ0v) is 16.6. The van der Waals surface area contributed by atoms with Crippen LogP contribution in [-0.4, -0.2) is 5.90 Å². The van der Waals surface area contributed by atoms with Gasteiger partial charge in [0.05, 0.1) is 11.9 Å². The summed E-state index contributed by atoms with van der Waals surface area (Å²) < 4.78 is 12.1. The normalized spacial score (nSPS) is 12.0. The first-order chi connectivity index (χ1) is 13.6. The molecule has 0 aromatic heterocycles. The molecule has 3 rings (SSSR count). The molecule has 3 aromatic carbocycles. The molecule has 0 amide bonds. The summed E-state index contributed by atoms with van der Waals surface area (Å²) in [7, 11) is 0. The van der Waals surface area contributed by atoms with Crippen molar-refractivity contribution in [3.05, 3.63) is 102 Å². The van der Waals surface area contributed by atoms with Crippen molar-refractivity contribution in [2.45, 2.75) is 27.2 Å². The third-order valence-electron chi connectivity index (χ3n) is 4.17. The molecule has 0 fully saturated rings. The largest absolute Gasteiger partial charge is 0.465 e. The van der Waals surface area contributed by atoms with Crippen LogP contribution in [0.3, 0.4) is 0 Å². The predicted octanol–water partition coefficient (Wildman–Crippen LogP) is 6.79. The van der Waals surface area contributed by atoms with Gasteiger partial charge in [-0.2, -0.15) is 0 Å². The van der Waals surface area contributed by atoms with Crippen LogP contribution in [0, 0.1) is 13.8 Å². The quantitative estimate of drug-likeness (QED) is 0.271. The monoisotopic (exact) mass is 371 g/mol. The van der Waals surface area contributed by atoms with Crippen molar-refractivity contribution in [1.29, 1.82) is 0 Å². The van der Waals surface area contributed by atoms with Gasteiger partial charge in [-0.05, 0) is 67.8 Å². The fourth-order valence-electron chi connectivity index (χ4n) is 2.68. The van der Waals surface area contributed by atoms with E-state index < -0.39 is 0 Å². The van der Waals surface area contributed by atoms with E-state index in [2.05, 4.69) is 6.92 Å². The summed E-state index contributed by atoms with van der Waals surface area (Å²) >= 11 is 0. The number of ether oxygens (including phenoxy) is 2. The van der Waals surface area contributed by atoms with Crippen molar-refractivity contribution in [2.24, 2.45) is 4.99 Å². The van der Waals surface area contributed by atoms with Crippen LogP contribution in [0.2, 0.25) is 0 Å². The molecule has 3 aromatic rings. The molecule has 0 spiro atoms. The van der Waals surface area contributed by atoms with Crippen molar-refractivity contribution in [3.8, 4) is 11.5 Å². The molecule has 0 atom stereocenters. The summed E-state index contributed by atoms with van der Waals surface area (Å²) in [5.41, 5.74) is 4.00. The summed E-state index contributed by atoms with van der Waals surface area (Å²) in [6.07, 6.45) is 2.45. The summed E-state index contributed by atoms with van der Waals surface area (Å²) in [6.45, 7) is 6.14. The maximum absolute atomic E-state index is 6.17. The average molecular weight is 371 g/mol. The van der Waals surface area contributed by atoms with Crippen molar-refractivity contribution in [3.63, 3.8) is 0 Å². The Bertz CT molecular complexity index is 975. The van der Waals surface area contributed by atoms with Crippen molar-refractivity contribution in [1.82, 2.24) is 0 Å². The number of nitrogens with zero attached hydrogens (tertiary/aromatic N) is 1. The van der Waals surface area contributed by atoms with Gasteiger partial charge in [0, 0.05) is 5.57 Å². The highest BCUT2D eigenvalue weighted by Gasteiger charge is 2.11. The standard InChI is InChI=1S/C25H25NO2/c1-4-21(18-27-23-14-8-10-19(2)16-23)25(26-22-12-6-5-7-13-22)28-24-15-9-11-20(3)17-24/h5-18H,4H2,1-3H3. The Hall–Kier alpha value is -3.33. The van der Waals surface area contributed by atoms with Gasteiger partial charge in [0.15, 0.2) is 0 Å². The van der Waals surface area contributed by atoms with E-state index in [1.165, 1.54) is 0 Å². The van der Waals surface area contributed by atoms with Gasteiger partial charge in [-0.25, -0.2) is 4.99 Å². The van der Waals surface area contributed by atoms with Gasteiger partial charge in [0.1, 0.15) is 11.5 Å². The first kappa shape index (κ1) is 19.4. The number of para-hydroxylation sites is 1. The lowest BCUT2D eigenvalue weighted by atomic mass is 10.2. The molecule has 0 unspecified atom stereocenters. The van der Waals surface area contributed by atoms with Crippen LogP contribution in [0.25, 0.3) is 0 Å². The Labute approximate surface area is 167 Å². The van der Waals surface area contributed by atoms with Crippen LogP contribution in [0.15, 0.2) is 95.7 Å². The highest BCUT2D eigenvalue weighted by molar-refractivity contribution is 5.96. The van der Waals surface area contributed by atoms with E-state index in [0.717, 1.165) is 40.3 Å². The molecule has 3 heteroatoms. The van der Waals surface area contributed by atoms with Crippen LogP contribution in [-0.2, 0) is 0 Å². The molecule has 3 nitrogen and oxygen atoms in total. The fraction of sp³-hybridized carbons (Fsp3) is 0.160. The fourth-order valence-corrected chi connectivity index (χ4v) is 2.68. The van der Waals surface area contributed by atoms with Crippen LogP contribution >= 0.6 is 0 Å². The van der Waals surface area contributed by atoms with Gasteiger partial charge < -0.3 is 9.47 Å². The van der Waals surface area contributed by atoms with Crippen LogP contribution < -0.4 is 9.47 Å². The summed E-state index contributed by atoms with van der Waals surface area (Å²) in [5, 5.41) is 0. The maximum atomic E-state index is 6.17. The van der Waals surface area contributed by atoms with Gasteiger partial charge in [-0.1, -0.05) is 49.4 Å². The zero-order chi connectivity index (χ0) is 19.8. The molecule has 0 bridgehead atoms. The summed E-state index contributed by atoms with van der Waals surface area (Å²) in [5.74, 6) is 2.08. The van der Waals surface area contributed by atoms with E-state index in [9.17, 15) is 0 Å². The van der Waals surface area contributed by atoms with E-state index >= 15 is 0 Å². The number of hydrogen-bond donors (Lipinski definition) is 0. The number of aryl methyl sites for hydroxylation is 2. The Balaban J connectivity index is 1.93. The molecule has 0 aliphatic heterocycles. The molecule has 0 aliphatic carbocycles. The molecule has 0 saturated heterocycles. The molecule has 28 heavy (non-hydrogen) atoms. The van der Waals surface area contributed by atoms with Crippen LogP contribution in [0.4, 0.5) is 5.69 Å². The second-order valence-electron chi connectivity index (χ2n) is 6.60. The smallest absolute Gasteiger partial charge is 0.226 e. The average Bonchev–Trinajstić information content (AvgIpc) is 2.69. The second-order valence-corrected chi connectivity index (χ2v) is 6.60. The predicted molar refractivity (Wildman–Crippen MR) is 116 cm³/mol. The minimum Gasteiger partial charge on any atom is -0.465 e. The molecular weight excluding hydrogens is 346 g/mol. The molecule has 142 valence electrons. The molecule has 0 saturated carbocycles. The lowest BCUT2D eigenvalue weighted by Crippen LogP contribution is -2.12. The SMILES string of the molecule is CCC(=COc1cccc(C)c1)C(=Nc1ccccc1)Oc1cccc(C)c1. The highest BCUT2D eigenvalue weighted by atomic mass is 16.5. The molecular formula is C25H25NO2. The van der Waals surface area contributed by atoms with E-state index in [4.69, 9.17) is 14.5 Å². The van der Waals surface area contributed by atoms with E-state index in [-0.39, 0.29) is 0 Å². The van der Waals surface area contributed by atoms with E-state index in [1.54, 1.807) is 6.26 Å². The topological polar surface area (TPSA) is 30.8 Å². The lowest BCUT2D eigenvalue weighted by molar-refractivity contribution is 0.471. The zero-order valence-electron chi connectivity index (χ0n) is 16.6. The van der Waals surface area contributed by atoms with Crippen LogP contribution in [0.5, 0.6) is 11.5 Å². The highest BCUT2D eigenvalue weighted by Crippen LogP contribution is 2.21. The third kappa shape index (κ3) is 5.58. The van der Waals surface area contributed by atoms with E-state index in [1.807, 2.05) is 92.7 Å². The van der Waals surface area contributed by atoms with Gasteiger partial charge in [-0.3, -0.25) is 0 Å². The maximum Gasteiger partial charge on any atom is 0.226 e. The molecule has 0 radical (unpaired) electrons. The first-order valence-electron chi connectivity index (χ1n) is 9.45. The molecule has 0 N–H and O–H groups in total.